The molecular weight excluding hydrogens is 262 g/mol. The first-order chi connectivity index (χ1) is 9.20. The Labute approximate surface area is 116 Å². The Hall–Kier alpha value is -2.07. The molecular formula is C14H14ClN3O. The largest absolute Gasteiger partial charge is 0.370 e. The molecule has 1 aromatic heterocycles. The predicted octanol–water partition coefficient (Wildman–Crippen LogP) is 3.42. The molecule has 98 valence electrons. The lowest BCUT2D eigenvalue weighted by molar-refractivity contribution is 0.102. The Morgan fingerprint density at radius 3 is 2.68 bits per heavy atom. The van der Waals surface area contributed by atoms with Crippen LogP contribution >= 0.6 is 11.6 Å². The average Bonchev–Trinajstić information content (AvgIpc) is 2.42. The molecule has 19 heavy (non-hydrogen) atoms. The molecule has 1 heterocycles. The average molecular weight is 276 g/mol. The van der Waals surface area contributed by atoms with Gasteiger partial charge < -0.3 is 10.6 Å². The van der Waals surface area contributed by atoms with Gasteiger partial charge in [-0.15, -0.1) is 0 Å². The summed E-state index contributed by atoms with van der Waals surface area (Å²) in [5.74, 6) is 0.378. The molecule has 1 aromatic carbocycles. The van der Waals surface area contributed by atoms with Gasteiger partial charge in [-0.3, -0.25) is 4.79 Å². The molecule has 2 rings (SSSR count). The minimum absolute atomic E-state index is 0.202. The van der Waals surface area contributed by atoms with E-state index < -0.39 is 0 Å². The molecule has 0 spiro atoms. The lowest BCUT2D eigenvalue weighted by Gasteiger charge is -2.09. The van der Waals surface area contributed by atoms with Gasteiger partial charge in [-0.25, -0.2) is 4.98 Å². The molecule has 0 radical (unpaired) electrons. The molecule has 0 aliphatic heterocycles. The van der Waals surface area contributed by atoms with Gasteiger partial charge in [0, 0.05) is 23.5 Å². The Morgan fingerprint density at radius 2 is 2.00 bits per heavy atom. The lowest BCUT2D eigenvalue weighted by Crippen LogP contribution is -2.15. The normalized spacial score (nSPS) is 10.0. The van der Waals surface area contributed by atoms with Crippen LogP contribution in [0.2, 0.25) is 5.02 Å². The van der Waals surface area contributed by atoms with Crippen molar-refractivity contribution in [3.8, 4) is 0 Å². The third-order valence-corrected chi connectivity index (χ3v) is 2.75. The third-order valence-electron chi connectivity index (χ3n) is 2.50. The van der Waals surface area contributed by atoms with E-state index in [9.17, 15) is 4.79 Å². The summed E-state index contributed by atoms with van der Waals surface area (Å²) < 4.78 is 0. The highest BCUT2D eigenvalue weighted by Crippen LogP contribution is 2.17. The van der Waals surface area contributed by atoms with Crippen molar-refractivity contribution in [1.29, 1.82) is 0 Å². The topological polar surface area (TPSA) is 54.0 Å². The Morgan fingerprint density at radius 1 is 1.26 bits per heavy atom. The van der Waals surface area contributed by atoms with Crippen LogP contribution in [0.4, 0.5) is 11.5 Å². The van der Waals surface area contributed by atoms with E-state index in [-0.39, 0.29) is 5.91 Å². The van der Waals surface area contributed by atoms with Gasteiger partial charge in [-0.1, -0.05) is 11.6 Å². The van der Waals surface area contributed by atoms with Crippen LogP contribution in [0.25, 0.3) is 0 Å². The summed E-state index contributed by atoms with van der Waals surface area (Å²) >= 11 is 5.80. The smallest absolute Gasteiger partial charge is 0.259 e. The SMILES string of the molecule is CCNc1ncccc1C(=O)Nc1ccc(Cl)cc1. The number of hydrogen-bond donors (Lipinski definition) is 2. The number of nitrogens with zero attached hydrogens (tertiary/aromatic N) is 1. The van der Waals surface area contributed by atoms with Crippen molar-refractivity contribution in [3.05, 3.63) is 53.2 Å². The summed E-state index contributed by atoms with van der Waals surface area (Å²) in [7, 11) is 0. The van der Waals surface area contributed by atoms with Crippen LogP contribution in [0, 0.1) is 0 Å². The first kappa shape index (κ1) is 13.4. The Kier molecular flexibility index (Phi) is 4.36. The first-order valence-electron chi connectivity index (χ1n) is 5.96. The zero-order valence-electron chi connectivity index (χ0n) is 10.5. The summed E-state index contributed by atoms with van der Waals surface area (Å²) in [5, 5.41) is 6.50. The van der Waals surface area contributed by atoms with E-state index in [1.165, 1.54) is 0 Å². The fourth-order valence-electron chi connectivity index (χ4n) is 1.63. The van der Waals surface area contributed by atoms with E-state index in [0.29, 0.717) is 28.6 Å². The van der Waals surface area contributed by atoms with Gasteiger partial charge in [0.1, 0.15) is 5.82 Å². The highest BCUT2D eigenvalue weighted by atomic mass is 35.5. The van der Waals surface area contributed by atoms with Crippen LogP contribution in [0.3, 0.4) is 0 Å². The van der Waals surface area contributed by atoms with E-state index in [0.717, 1.165) is 0 Å². The van der Waals surface area contributed by atoms with Crippen LogP contribution in [0.5, 0.6) is 0 Å². The van der Waals surface area contributed by atoms with E-state index in [1.54, 1.807) is 42.6 Å². The summed E-state index contributed by atoms with van der Waals surface area (Å²) in [6, 6.07) is 10.4. The number of aromatic nitrogens is 1. The lowest BCUT2D eigenvalue weighted by atomic mass is 10.2. The second-order valence-corrected chi connectivity index (χ2v) is 4.33. The van der Waals surface area contributed by atoms with Crippen LogP contribution in [0.15, 0.2) is 42.6 Å². The zero-order chi connectivity index (χ0) is 13.7. The fourth-order valence-corrected chi connectivity index (χ4v) is 1.75. The highest BCUT2D eigenvalue weighted by Gasteiger charge is 2.11. The molecule has 4 nitrogen and oxygen atoms in total. The van der Waals surface area contributed by atoms with Crippen molar-refractivity contribution in [2.75, 3.05) is 17.2 Å². The predicted molar refractivity (Wildman–Crippen MR) is 77.8 cm³/mol. The number of anilines is 2. The van der Waals surface area contributed by atoms with Crippen molar-refractivity contribution >= 4 is 29.0 Å². The van der Waals surface area contributed by atoms with Crippen molar-refractivity contribution in [1.82, 2.24) is 4.98 Å². The number of rotatable bonds is 4. The maximum atomic E-state index is 12.2. The standard InChI is InChI=1S/C14H14ClN3O/c1-2-16-13-12(4-3-9-17-13)14(19)18-11-7-5-10(15)6-8-11/h3-9H,2H2,1H3,(H,16,17)(H,18,19). The van der Waals surface area contributed by atoms with Gasteiger partial charge in [0.05, 0.1) is 5.56 Å². The van der Waals surface area contributed by atoms with Gasteiger partial charge in [0.25, 0.3) is 5.91 Å². The Bertz CT molecular complexity index is 569. The Balaban J connectivity index is 2.18. The molecule has 0 atom stereocenters. The quantitative estimate of drug-likeness (QED) is 0.899. The van der Waals surface area contributed by atoms with Gasteiger partial charge >= 0.3 is 0 Å². The molecule has 0 unspecified atom stereocenters. The summed E-state index contributed by atoms with van der Waals surface area (Å²) in [4.78, 5) is 16.3. The van der Waals surface area contributed by atoms with Crippen molar-refractivity contribution in [2.24, 2.45) is 0 Å². The number of halogens is 1. The molecule has 5 heteroatoms. The summed E-state index contributed by atoms with van der Waals surface area (Å²) in [6.07, 6.45) is 1.65. The number of carbonyl (C=O) groups excluding carboxylic acids is 1. The molecule has 0 aliphatic rings. The number of carbonyl (C=O) groups is 1. The van der Waals surface area contributed by atoms with Crippen LogP contribution in [-0.2, 0) is 0 Å². The van der Waals surface area contributed by atoms with E-state index in [2.05, 4.69) is 15.6 Å². The number of hydrogen-bond acceptors (Lipinski definition) is 3. The zero-order valence-corrected chi connectivity index (χ0v) is 11.2. The van der Waals surface area contributed by atoms with Gasteiger partial charge in [-0.05, 0) is 43.3 Å². The molecule has 0 fully saturated rings. The van der Waals surface area contributed by atoms with Crippen molar-refractivity contribution < 1.29 is 4.79 Å². The van der Waals surface area contributed by atoms with E-state index in [4.69, 9.17) is 11.6 Å². The van der Waals surface area contributed by atoms with E-state index >= 15 is 0 Å². The maximum Gasteiger partial charge on any atom is 0.259 e. The maximum absolute atomic E-state index is 12.2. The molecule has 0 bridgehead atoms. The minimum Gasteiger partial charge on any atom is -0.370 e. The summed E-state index contributed by atoms with van der Waals surface area (Å²) in [5.41, 5.74) is 1.21. The van der Waals surface area contributed by atoms with Crippen LogP contribution in [-0.4, -0.2) is 17.4 Å². The highest BCUT2D eigenvalue weighted by molar-refractivity contribution is 6.30. The molecule has 1 amide bonds. The van der Waals surface area contributed by atoms with Crippen LogP contribution in [0.1, 0.15) is 17.3 Å². The molecule has 2 N–H and O–H groups in total. The molecule has 0 saturated heterocycles. The third kappa shape index (κ3) is 3.45. The summed E-state index contributed by atoms with van der Waals surface area (Å²) in [6.45, 7) is 2.66. The van der Waals surface area contributed by atoms with Crippen molar-refractivity contribution in [2.45, 2.75) is 6.92 Å². The van der Waals surface area contributed by atoms with Gasteiger partial charge in [0.2, 0.25) is 0 Å². The van der Waals surface area contributed by atoms with Gasteiger partial charge in [-0.2, -0.15) is 0 Å². The monoisotopic (exact) mass is 275 g/mol. The first-order valence-corrected chi connectivity index (χ1v) is 6.34. The number of nitrogens with one attached hydrogen (secondary N) is 2. The number of benzene rings is 1. The number of pyridine rings is 1. The second-order valence-electron chi connectivity index (χ2n) is 3.89. The second kappa shape index (κ2) is 6.20. The van der Waals surface area contributed by atoms with Crippen molar-refractivity contribution in [3.63, 3.8) is 0 Å². The number of amides is 1. The minimum atomic E-state index is -0.202. The molecule has 0 saturated carbocycles. The van der Waals surface area contributed by atoms with Crippen LogP contribution < -0.4 is 10.6 Å². The van der Waals surface area contributed by atoms with Gasteiger partial charge in [0.15, 0.2) is 0 Å². The molecule has 2 aromatic rings. The molecule has 0 aliphatic carbocycles. The fraction of sp³-hybridized carbons (Fsp3) is 0.143. The van der Waals surface area contributed by atoms with E-state index in [1.807, 2.05) is 6.92 Å².